The summed E-state index contributed by atoms with van der Waals surface area (Å²) in [5.74, 6) is 2.00. The van der Waals surface area contributed by atoms with Gasteiger partial charge in [0.2, 0.25) is 5.91 Å². The Kier molecular flexibility index (Phi) is 6.62. The lowest BCUT2D eigenvalue weighted by atomic mass is 10.1. The number of hydrogen-bond donors (Lipinski definition) is 1. The van der Waals surface area contributed by atoms with Crippen LogP contribution in [0, 0.1) is 0 Å². The fourth-order valence-electron chi connectivity index (χ4n) is 3.49. The molecule has 1 aromatic heterocycles. The van der Waals surface area contributed by atoms with Gasteiger partial charge in [-0.05, 0) is 53.9 Å². The number of thioether (sulfide) groups is 1. The van der Waals surface area contributed by atoms with Gasteiger partial charge in [0.1, 0.15) is 16.9 Å². The summed E-state index contributed by atoms with van der Waals surface area (Å²) in [4.78, 5) is 26.6. The minimum Gasteiger partial charge on any atom is -0.497 e. The number of nitrogens with zero attached hydrogens (tertiary/aromatic N) is 1. The summed E-state index contributed by atoms with van der Waals surface area (Å²) in [5.41, 5.74) is 2.73. The van der Waals surface area contributed by atoms with Crippen LogP contribution in [0.1, 0.15) is 32.6 Å². The van der Waals surface area contributed by atoms with Gasteiger partial charge in [-0.2, -0.15) is 0 Å². The van der Waals surface area contributed by atoms with Gasteiger partial charge in [-0.1, -0.05) is 24.3 Å². The van der Waals surface area contributed by atoms with Crippen molar-refractivity contribution in [2.24, 2.45) is 0 Å². The van der Waals surface area contributed by atoms with Crippen molar-refractivity contribution in [1.29, 1.82) is 0 Å². The van der Waals surface area contributed by atoms with E-state index in [1.54, 1.807) is 25.1 Å². The largest absolute Gasteiger partial charge is 0.497 e. The maximum atomic E-state index is 12.5. The van der Waals surface area contributed by atoms with E-state index in [0.717, 1.165) is 29.1 Å². The van der Waals surface area contributed by atoms with Crippen molar-refractivity contribution in [3.63, 3.8) is 0 Å². The van der Waals surface area contributed by atoms with Crippen LogP contribution >= 0.6 is 11.8 Å². The molecule has 2 heterocycles. The molecule has 31 heavy (non-hydrogen) atoms. The number of carbonyl (C=O) groups excluding carboxylic acids is 2. The van der Waals surface area contributed by atoms with Crippen LogP contribution in [0.4, 0.5) is 0 Å². The zero-order valence-corrected chi connectivity index (χ0v) is 18.1. The highest BCUT2D eigenvalue weighted by Crippen LogP contribution is 2.39. The van der Waals surface area contributed by atoms with E-state index in [-0.39, 0.29) is 17.2 Å². The molecule has 6 nitrogen and oxygen atoms in total. The second-order valence-electron chi connectivity index (χ2n) is 7.24. The summed E-state index contributed by atoms with van der Waals surface area (Å²) < 4.78 is 10.6. The molecule has 1 N–H and O–H groups in total. The molecular formula is C24H24N2O4S. The van der Waals surface area contributed by atoms with E-state index in [1.165, 1.54) is 0 Å². The molecule has 0 aliphatic carbocycles. The second-order valence-corrected chi connectivity index (χ2v) is 8.31. The third-order valence-electron chi connectivity index (χ3n) is 5.19. The van der Waals surface area contributed by atoms with Crippen molar-refractivity contribution in [3.8, 4) is 5.75 Å². The standard InChI is InChI=1S/C24H24N2O4S/c1-29-20-10-4-17(5-11-20)12-13-25-23(28)18-6-8-19(9-7-18)24-26(22(27)16-31-24)15-21-3-2-14-30-21/h2-11,14,24H,12-13,15-16H2,1H3,(H,25,28)/t24-/m0/s1. The van der Waals surface area contributed by atoms with Crippen molar-refractivity contribution in [2.75, 3.05) is 19.4 Å². The van der Waals surface area contributed by atoms with Gasteiger partial charge in [0.25, 0.3) is 5.91 Å². The Morgan fingerprint density at radius 1 is 1.16 bits per heavy atom. The number of nitrogens with one attached hydrogen (secondary N) is 1. The minimum atomic E-state index is -0.109. The van der Waals surface area contributed by atoms with Gasteiger partial charge in [-0.25, -0.2) is 0 Å². The number of benzene rings is 2. The van der Waals surface area contributed by atoms with Crippen LogP contribution in [0.2, 0.25) is 0 Å². The molecule has 1 aliphatic heterocycles. The summed E-state index contributed by atoms with van der Waals surface area (Å²) in [6, 6.07) is 19.0. The average molecular weight is 437 g/mol. The Hall–Kier alpha value is -3.19. The maximum absolute atomic E-state index is 12.5. The predicted molar refractivity (Wildman–Crippen MR) is 120 cm³/mol. The lowest BCUT2D eigenvalue weighted by molar-refractivity contribution is -0.128. The molecule has 3 aromatic rings. The molecule has 0 bridgehead atoms. The Morgan fingerprint density at radius 3 is 2.61 bits per heavy atom. The lowest BCUT2D eigenvalue weighted by Gasteiger charge is -2.23. The summed E-state index contributed by atoms with van der Waals surface area (Å²) in [7, 11) is 1.64. The monoisotopic (exact) mass is 436 g/mol. The molecule has 0 saturated carbocycles. The van der Waals surface area contributed by atoms with Crippen LogP contribution in [-0.2, 0) is 17.8 Å². The highest BCUT2D eigenvalue weighted by molar-refractivity contribution is 8.00. The Balaban J connectivity index is 1.33. The lowest BCUT2D eigenvalue weighted by Crippen LogP contribution is -2.28. The van der Waals surface area contributed by atoms with E-state index in [0.29, 0.717) is 24.4 Å². The topological polar surface area (TPSA) is 71.8 Å². The first-order chi connectivity index (χ1) is 15.1. The summed E-state index contributed by atoms with van der Waals surface area (Å²) in [6.45, 7) is 0.994. The minimum absolute atomic E-state index is 0.0789. The molecule has 4 rings (SSSR count). The molecule has 1 atom stereocenters. The molecule has 7 heteroatoms. The van der Waals surface area contributed by atoms with Crippen molar-refractivity contribution in [1.82, 2.24) is 10.2 Å². The van der Waals surface area contributed by atoms with Crippen LogP contribution in [-0.4, -0.2) is 36.1 Å². The fraction of sp³-hybridized carbons (Fsp3) is 0.250. The first-order valence-corrected chi connectivity index (χ1v) is 11.1. The van der Waals surface area contributed by atoms with Crippen LogP contribution in [0.3, 0.4) is 0 Å². The second kappa shape index (κ2) is 9.75. The zero-order chi connectivity index (χ0) is 21.6. The number of methoxy groups -OCH3 is 1. The van der Waals surface area contributed by atoms with E-state index >= 15 is 0 Å². The maximum Gasteiger partial charge on any atom is 0.251 e. The Labute approximate surface area is 185 Å². The third-order valence-corrected chi connectivity index (χ3v) is 6.45. The molecule has 0 radical (unpaired) electrons. The molecule has 1 aliphatic rings. The van der Waals surface area contributed by atoms with Crippen LogP contribution in [0.5, 0.6) is 5.75 Å². The third kappa shape index (κ3) is 5.11. The summed E-state index contributed by atoms with van der Waals surface area (Å²) in [5, 5.41) is 2.88. The van der Waals surface area contributed by atoms with Crippen molar-refractivity contribution < 1.29 is 18.7 Å². The molecule has 160 valence electrons. The summed E-state index contributed by atoms with van der Waals surface area (Å²) >= 11 is 1.59. The van der Waals surface area contributed by atoms with Crippen molar-refractivity contribution in [2.45, 2.75) is 18.3 Å². The highest BCUT2D eigenvalue weighted by atomic mass is 32.2. The first-order valence-electron chi connectivity index (χ1n) is 10.1. The fourth-order valence-corrected chi connectivity index (χ4v) is 4.67. The van der Waals surface area contributed by atoms with E-state index < -0.39 is 0 Å². The van der Waals surface area contributed by atoms with E-state index in [4.69, 9.17) is 9.15 Å². The van der Waals surface area contributed by atoms with Crippen molar-refractivity contribution in [3.05, 3.63) is 89.4 Å². The SMILES string of the molecule is COc1ccc(CCNC(=O)c2ccc([C@@H]3SCC(=O)N3Cc3ccco3)cc2)cc1. The van der Waals surface area contributed by atoms with Gasteiger partial charge in [0.05, 0.1) is 25.7 Å². The van der Waals surface area contributed by atoms with Gasteiger partial charge in [0.15, 0.2) is 0 Å². The first kappa shape index (κ1) is 21.1. The quantitative estimate of drug-likeness (QED) is 0.577. The van der Waals surface area contributed by atoms with E-state index in [1.807, 2.05) is 65.6 Å². The van der Waals surface area contributed by atoms with Crippen LogP contribution in [0.15, 0.2) is 71.3 Å². The number of ether oxygens (including phenoxy) is 1. The molecule has 0 spiro atoms. The number of furan rings is 1. The Morgan fingerprint density at radius 2 is 1.94 bits per heavy atom. The van der Waals surface area contributed by atoms with Gasteiger partial charge in [-0.15, -0.1) is 11.8 Å². The average Bonchev–Trinajstić information content (AvgIpc) is 3.45. The van der Waals surface area contributed by atoms with Gasteiger partial charge in [0, 0.05) is 12.1 Å². The molecule has 2 amide bonds. The van der Waals surface area contributed by atoms with E-state index in [9.17, 15) is 9.59 Å². The normalized spacial score (nSPS) is 15.8. The molecular weight excluding hydrogens is 412 g/mol. The van der Waals surface area contributed by atoms with Crippen molar-refractivity contribution >= 4 is 23.6 Å². The molecule has 1 fully saturated rings. The van der Waals surface area contributed by atoms with Crippen LogP contribution < -0.4 is 10.1 Å². The number of carbonyl (C=O) groups is 2. The number of rotatable bonds is 8. The highest BCUT2D eigenvalue weighted by Gasteiger charge is 2.33. The summed E-state index contributed by atoms with van der Waals surface area (Å²) in [6.07, 6.45) is 2.36. The number of hydrogen-bond acceptors (Lipinski definition) is 5. The van der Waals surface area contributed by atoms with Gasteiger partial charge in [-0.3, -0.25) is 9.59 Å². The Bertz CT molecular complexity index is 1020. The van der Waals surface area contributed by atoms with E-state index in [2.05, 4.69) is 5.32 Å². The van der Waals surface area contributed by atoms with Gasteiger partial charge >= 0.3 is 0 Å². The molecule has 0 unspecified atom stereocenters. The smallest absolute Gasteiger partial charge is 0.251 e. The van der Waals surface area contributed by atoms with Crippen LogP contribution in [0.25, 0.3) is 0 Å². The predicted octanol–water partition coefficient (Wildman–Crippen LogP) is 4.03. The molecule has 1 saturated heterocycles. The number of amides is 2. The molecule has 2 aromatic carbocycles. The van der Waals surface area contributed by atoms with Gasteiger partial charge < -0.3 is 19.4 Å². The zero-order valence-electron chi connectivity index (χ0n) is 17.2.